The van der Waals surface area contributed by atoms with E-state index in [0.717, 1.165) is 11.3 Å². The van der Waals surface area contributed by atoms with Gasteiger partial charge in [0.1, 0.15) is 5.76 Å². The molecular formula is C16H25N3O5. The summed E-state index contributed by atoms with van der Waals surface area (Å²) in [5, 5.41) is 8.53. The zero-order valence-electron chi connectivity index (χ0n) is 15.0. The zero-order valence-corrected chi connectivity index (χ0v) is 15.0. The minimum atomic E-state index is -1.06. The highest BCUT2D eigenvalue weighted by Crippen LogP contribution is 2.14. The van der Waals surface area contributed by atoms with Gasteiger partial charge in [0.2, 0.25) is 0 Å². The van der Waals surface area contributed by atoms with Crippen molar-refractivity contribution in [2.45, 2.75) is 66.0 Å². The molecule has 0 unspecified atom stereocenters. The number of carbonyl (C=O) groups excluding carboxylic acids is 3. The van der Waals surface area contributed by atoms with Gasteiger partial charge in [-0.2, -0.15) is 0 Å². The molecule has 8 heteroatoms. The van der Waals surface area contributed by atoms with Crippen molar-refractivity contribution < 1.29 is 23.6 Å². The van der Waals surface area contributed by atoms with Crippen LogP contribution in [0.1, 0.15) is 51.1 Å². The number of aryl methyl sites for hydroxylation is 2. The number of esters is 1. The summed E-state index contributed by atoms with van der Waals surface area (Å²) in [7, 11) is 0. The molecule has 134 valence electrons. The molecule has 3 amide bonds. The lowest BCUT2D eigenvalue weighted by atomic mass is 10.1. The van der Waals surface area contributed by atoms with Crippen molar-refractivity contribution in [1.29, 1.82) is 0 Å². The molecule has 0 fully saturated rings. The van der Waals surface area contributed by atoms with E-state index in [1.165, 1.54) is 6.92 Å². The first kappa shape index (κ1) is 19.7. The largest absolute Gasteiger partial charge is 0.453 e. The standard InChI is InChI=1S/C16H25N3O5/c1-9-12(10(2)24-19-9)7-8-13(20)23-11(3)14(21)17-15(22)18-16(4,5)6/h11H,7-8H2,1-6H3,(H2,17,18,21,22)/t11-/m0/s1. The third-order valence-corrected chi connectivity index (χ3v) is 3.16. The van der Waals surface area contributed by atoms with Gasteiger partial charge in [0, 0.05) is 17.5 Å². The second-order valence-electron chi connectivity index (χ2n) is 6.63. The summed E-state index contributed by atoms with van der Waals surface area (Å²) >= 11 is 0. The van der Waals surface area contributed by atoms with E-state index in [2.05, 4.69) is 15.8 Å². The van der Waals surface area contributed by atoms with Crippen molar-refractivity contribution in [3.05, 3.63) is 17.0 Å². The third-order valence-electron chi connectivity index (χ3n) is 3.16. The van der Waals surface area contributed by atoms with Crippen molar-refractivity contribution >= 4 is 17.9 Å². The fourth-order valence-corrected chi connectivity index (χ4v) is 1.98. The van der Waals surface area contributed by atoms with Crippen LogP contribution in [0, 0.1) is 13.8 Å². The van der Waals surface area contributed by atoms with Crippen LogP contribution in [0.4, 0.5) is 4.79 Å². The highest BCUT2D eigenvalue weighted by Gasteiger charge is 2.22. The second-order valence-corrected chi connectivity index (χ2v) is 6.63. The van der Waals surface area contributed by atoms with Crippen LogP contribution in [0.2, 0.25) is 0 Å². The van der Waals surface area contributed by atoms with E-state index in [1.54, 1.807) is 34.6 Å². The van der Waals surface area contributed by atoms with Gasteiger partial charge in [0.25, 0.3) is 5.91 Å². The minimum absolute atomic E-state index is 0.0920. The lowest BCUT2D eigenvalue weighted by Gasteiger charge is -2.21. The summed E-state index contributed by atoms with van der Waals surface area (Å²) in [5.41, 5.74) is 1.11. The lowest BCUT2D eigenvalue weighted by Crippen LogP contribution is -2.50. The van der Waals surface area contributed by atoms with Gasteiger partial charge < -0.3 is 14.6 Å². The van der Waals surface area contributed by atoms with Gasteiger partial charge in [-0.3, -0.25) is 14.9 Å². The Bertz CT molecular complexity index is 596. The molecule has 8 nitrogen and oxygen atoms in total. The molecule has 1 heterocycles. The predicted molar refractivity (Wildman–Crippen MR) is 86.3 cm³/mol. The Balaban J connectivity index is 2.43. The number of ether oxygens (including phenoxy) is 1. The number of rotatable bonds is 5. The van der Waals surface area contributed by atoms with Gasteiger partial charge >= 0.3 is 12.0 Å². The number of imide groups is 1. The fraction of sp³-hybridized carbons (Fsp3) is 0.625. The van der Waals surface area contributed by atoms with E-state index < -0.39 is 29.6 Å². The molecule has 0 spiro atoms. The Kier molecular flexibility index (Phi) is 6.51. The van der Waals surface area contributed by atoms with Crippen LogP contribution in [0.3, 0.4) is 0 Å². The van der Waals surface area contributed by atoms with Crippen molar-refractivity contribution in [2.24, 2.45) is 0 Å². The number of nitrogens with zero attached hydrogens (tertiary/aromatic N) is 1. The van der Waals surface area contributed by atoms with Crippen LogP contribution >= 0.6 is 0 Å². The molecule has 1 atom stereocenters. The number of amides is 3. The molecule has 24 heavy (non-hydrogen) atoms. The molecule has 0 aliphatic heterocycles. The van der Waals surface area contributed by atoms with Crippen LogP contribution in [-0.2, 0) is 20.7 Å². The summed E-state index contributed by atoms with van der Waals surface area (Å²) in [5.74, 6) is -0.554. The van der Waals surface area contributed by atoms with Gasteiger partial charge in [0.05, 0.1) is 5.69 Å². The summed E-state index contributed by atoms with van der Waals surface area (Å²) < 4.78 is 10.1. The maximum absolute atomic E-state index is 11.8. The third kappa shape index (κ3) is 6.39. The molecule has 0 aromatic carbocycles. The molecule has 1 aromatic heterocycles. The smallest absolute Gasteiger partial charge is 0.321 e. The average molecular weight is 339 g/mol. The van der Waals surface area contributed by atoms with Crippen LogP contribution in [-0.4, -0.2) is 34.7 Å². The first-order valence-electron chi connectivity index (χ1n) is 7.74. The maximum Gasteiger partial charge on any atom is 0.321 e. The second kappa shape index (κ2) is 7.94. The normalized spacial score (nSPS) is 12.4. The summed E-state index contributed by atoms with van der Waals surface area (Å²) in [6.45, 7) is 10.3. The zero-order chi connectivity index (χ0) is 18.5. The van der Waals surface area contributed by atoms with Crippen LogP contribution in [0.15, 0.2) is 4.52 Å². The summed E-state index contributed by atoms with van der Waals surface area (Å²) in [4.78, 5) is 35.3. The molecular weight excluding hydrogens is 314 g/mol. The quantitative estimate of drug-likeness (QED) is 0.791. The van der Waals surface area contributed by atoms with Crippen molar-refractivity contribution in [3.63, 3.8) is 0 Å². The summed E-state index contributed by atoms with van der Waals surface area (Å²) in [6.07, 6.45) is -0.555. The van der Waals surface area contributed by atoms with E-state index in [0.29, 0.717) is 12.2 Å². The van der Waals surface area contributed by atoms with Gasteiger partial charge in [0.15, 0.2) is 6.10 Å². The number of hydrogen-bond acceptors (Lipinski definition) is 6. The summed E-state index contributed by atoms with van der Waals surface area (Å²) in [6, 6.07) is -0.633. The number of carbonyl (C=O) groups is 3. The van der Waals surface area contributed by atoms with E-state index in [-0.39, 0.29) is 6.42 Å². The Morgan fingerprint density at radius 3 is 2.38 bits per heavy atom. The van der Waals surface area contributed by atoms with Crippen molar-refractivity contribution in [1.82, 2.24) is 15.8 Å². The number of aromatic nitrogens is 1. The first-order chi connectivity index (χ1) is 11.0. The molecule has 0 saturated carbocycles. The molecule has 0 bridgehead atoms. The number of hydrogen-bond donors (Lipinski definition) is 2. The molecule has 0 radical (unpaired) electrons. The fourth-order valence-electron chi connectivity index (χ4n) is 1.98. The van der Waals surface area contributed by atoms with E-state index in [4.69, 9.17) is 9.26 Å². The Labute approximate surface area is 141 Å². The molecule has 0 saturated heterocycles. The van der Waals surface area contributed by atoms with Crippen LogP contribution < -0.4 is 10.6 Å². The molecule has 0 aliphatic rings. The lowest BCUT2D eigenvalue weighted by molar-refractivity contribution is -0.154. The van der Waals surface area contributed by atoms with E-state index >= 15 is 0 Å². The van der Waals surface area contributed by atoms with Crippen molar-refractivity contribution in [2.75, 3.05) is 0 Å². The Morgan fingerprint density at radius 1 is 1.25 bits per heavy atom. The first-order valence-corrected chi connectivity index (χ1v) is 7.74. The molecule has 1 rings (SSSR count). The monoisotopic (exact) mass is 339 g/mol. The predicted octanol–water partition coefficient (Wildman–Crippen LogP) is 1.78. The molecule has 1 aromatic rings. The molecule has 2 N–H and O–H groups in total. The van der Waals surface area contributed by atoms with Gasteiger partial charge in [-0.15, -0.1) is 0 Å². The topological polar surface area (TPSA) is 111 Å². The maximum atomic E-state index is 11.8. The average Bonchev–Trinajstić information content (AvgIpc) is 2.73. The minimum Gasteiger partial charge on any atom is -0.453 e. The highest BCUT2D eigenvalue weighted by molar-refractivity contribution is 5.97. The highest BCUT2D eigenvalue weighted by atomic mass is 16.5. The van der Waals surface area contributed by atoms with Gasteiger partial charge in [-0.1, -0.05) is 5.16 Å². The van der Waals surface area contributed by atoms with Crippen molar-refractivity contribution in [3.8, 4) is 0 Å². The number of urea groups is 1. The van der Waals surface area contributed by atoms with Gasteiger partial charge in [-0.05, 0) is 48.0 Å². The van der Waals surface area contributed by atoms with Gasteiger partial charge in [-0.25, -0.2) is 4.79 Å². The van der Waals surface area contributed by atoms with E-state index in [9.17, 15) is 14.4 Å². The van der Waals surface area contributed by atoms with Crippen LogP contribution in [0.5, 0.6) is 0 Å². The van der Waals surface area contributed by atoms with E-state index in [1.807, 2.05) is 0 Å². The molecule has 0 aliphatic carbocycles. The Hall–Kier alpha value is -2.38. The SMILES string of the molecule is Cc1noc(C)c1CCC(=O)O[C@@H](C)C(=O)NC(=O)NC(C)(C)C. The Morgan fingerprint density at radius 2 is 1.88 bits per heavy atom. The van der Waals surface area contributed by atoms with Crippen LogP contribution in [0.25, 0.3) is 0 Å². The number of nitrogens with one attached hydrogen (secondary N) is 2.